The number of hydrogen-bond acceptors (Lipinski definition) is 5. The van der Waals surface area contributed by atoms with Gasteiger partial charge in [-0.25, -0.2) is 4.79 Å². The van der Waals surface area contributed by atoms with Crippen LogP contribution >= 0.6 is 0 Å². The SMILES string of the molecule is CC(C)CC(N/C=C(/C#N)C(=O)NCCCC(=O)O)C(=O)O. The van der Waals surface area contributed by atoms with Crippen LogP contribution in [0.4, 0.5) is 0 Å². The average molecular weight is 311 g/mol. The Balaban J connectivity index is 4.53. The normalized spacial score (nSPS) is 12.4. The fraction of sp³-hybridized carbons (Fsp3) is 0.571. The minimum atomic E-state index is -1.07. The first-order valence-corrected chi connectivity index (χ1v) is 6.87. The van der Waals surface area contributed by atoms with Crippen molar-refractivity contribution in [1.82, 2.24) is 10.6 Å². The van der Waals surface area contributed by atoms with Crippen LogP contribution in [0.2, 0.25) is 0 Å². The molecule has 4 N–H and O–H groups in total. The summed E-state index contributed by atoms with van der Waals surface area (Å²) in [6.07, 6.45) is 1.59. The number of amides is 1. The van der Waals surface area contributed by atoms with Crippen molar-refractivity contribution in [3.05, 3.63) is 11.8 Å². The first kappa shape index (κ1) is 19.4. The van der Waals surface area contributed by atoms with E-state index in [-0.39, 0.29) is 30.9 Å². The molecular weight excluding hydrogens is 290 g/mol. The Kier molecular flexibility index (Phi) is 9.02. The summed E-state index contributed by atoms with van der Waals surface area (Å²) >= 11 is 0. The molecule has 0 aromatic rings. The molecule has 0 spiro atoms. The summed E-state index contributed by atoms with van der Waals surface area (Å²) in [5, 5.41) is 31.4. The van der Waals surface area contributed by atoms with Crippen molar-refractivity contribution in [3.63, 3.8) is 0 Å². The van der Waals surface area contributed by atoms with Crippen LogP contribution in [0.15, 0.2) is 11.8 Å². The Morgan fingerprint density at radius 3 is 2.36 bits per heavy atom. The van der Waals surface area contributed by atoms with Crippen LogP contribution in [0.25, 0.3) is 0 Å². The van der Waals surface area contributed by atoms with Gasteiger partial charge in [-0.1, -0.05) is 13.8 Å². The van der Waals surface area contributed by atoms with Crippen molar-refractivity contribution >= 4 is 17.8 Å². The lowest BCUT2D eigenvalue weighted by molar-refractivity contribution is -0.139. The molecule has 1 atom stereocenters. The standard InChI is InChI=1S/C14H21N3O5/c1-9(2)6-11(14(21)22)17-8-10(7-15)13(20)16-5-3-4-12(18)19/h8-9,11,17H,3-6H2,1-2H3,(H,16,20)(H,18,19)(H,21,22)/b10-8-. The van der Waals surface area contributed by atoms with Crippen molar-refractivity contribution in [2.75, 3.05) is 6.54 Å². The van der Waals surface area contributed by atoms with Crippen molar-refractivity contribution in [2.24, 2.45) is 5.92 Å². The predicted molar refractivity (Wildman–Crippen MR) is 77.6 cm³/mol. The predicted octanol–water partition coefficient (Wildman–Crippen LogP) is 0.464. The third kappa shape index (κ3) is 8.58. The smallest absolute Gasteiger partial charge is 0.326 e. The molecular formula is C14H21N3O5. The van der Waals surface area contributed by atoms with Crippen LogP contribution < -0.4 is 10.6 Å². The highest BCUT2D eigenvalue weighted by Gasteiger charge is 2.18. The fourth-order valence-electron chi connectivity index (χ4n) is 1.58. The van der Waals surface area contributed by atoms with Crippen LogP contribution in [0, 0.1) is 17.2 Å². The molecule has 0 fully saturated rings. The maximum absolute atomic E-state index is 11.7. The Morgan fingerprint density at radius 1 is 1.27 bits per heavy atom. The summed E-state index contributed by atoms with van der Waals surface area (Å²) in [7, 11) is 0. The van der Waals surface area contributed by atoms with Gasteiger partial charge in [0.1, 0.15) is 17.7 Å². The first-order valence-electron chi connectivity index (χ1n) is 6.87. The fourth-order valence-corrected chi connectivity index (χ4v) is 1.58. The van der Waals surface area contributed by atoms with Crippen molar-refractivity contribution in [3.8, 4) is 6.07 Å². The van der Waals surface area contributed by atoms with Crippen molar-refractivity contribution in [1.29, 1.82) is 5.26 Å². The number of nitrogens with zero attached hydrogens (tertiary/aromatic N) is 1. The lowest BCUT2D eigenvalue weighted by Gasteiger charge is -2.15. The number of carboxylic acids is 2. The molecule has 0 radical (unpaired) electrons. The summed E-state index contributed by atoms with van der Waals surface area (Å²) in [5.41, 5.74) is -0.259. The highest BCUT2D eigenvalue weighted by molar-refractivity contribution is 5.97. The molecule has 0 saturated heterocycles. The third-order valence-electron chi connectivity index (χ3n) is 2.65. The molecule has 1 amide bonds. The molecule has 1 unspecified atom stereocenters. The number of hydrogen-bond donors (Lipinski definition) is 4. The molecule has 0 aliphatic rings. The van der Waals surface area contributed by atoms with Crippen LogP contribution in [-0.2, 0) is 14.4 Å². The summed E-state index contributed by atoms with van der Waals surface area (Å²) < 4.78 is 0. The van der Waals surface area contributed by atoms with Crippen LogP contribution in [0.1, 0.15) is 33.1 Å². The zero-order chi connectivity index (χ0) is 17.1. The monoisotopic (exact) mass is 311 g/mol. The van der Waals surface area contributed by atoms with Gasteiger partial charge in [0.15, 0.2) is 0 Å². The Morgan fingerprint density at radius 2 is 1.91 bits per heavy atom. The summed E-state index contributed by atoms with van der Waals surface area (Å²) in [5.74, 6) is -2.57. The number of carbonyl (C=O) groups excluding carboxylic acids is 1. The van der Waals surface area contributed by atoms with E-state index in [9.17, 15) is 14.4 Å². The number of nitrogens with one attached hydrogen (secondary N) is 2. The van der Waals surface area contributed by atoms with E-state index in [0.717, 1.165) is 6.20 Å². The van der Waals surface area contributed by atoms with E-state index in [2.05, 4.69) is 10.6 Å². The number of aliphatic carboxylic acids is 2. The highest BCUT2D eigenvalue weighted by Crippen LogP contribution is 2.05. The van der Waals surface area contributed by atoms with Crippen LogP contribution in [-0.4, -0.2) is 40.6 Å². The van der Waals surface area contributed by atoms with E-state index in [1.54, 1.807) is 6.07 Å². The van der Waals surface area contributed by atoms with Gasteiger partial charge in [0.2, 0.25) is 0 Å². The molecule has 0 aliphatic carbocycles. The average Bonchev–Trinajstić information content (AvgIpc) is 2.42. The van der Waals surface area contributed by atoms with Gasteiger partial charge in [0, 0.05) is 19.2 Å². The first-order chi connectivity index (χ1) is 10.3. The van der Waals surface area contributed by atoms with E-state index in [0.29, 0.717) is 6.42 Å². The lowest BCUT2D eigenvalue weighted by Crippen LogP contribution is -2.35. The maximum atomic E-state index is 11.7. The largest absolute Gasteiger partial charge is 0.481 e. The second-order valence-corrected chi connectivity index (χ2v) is 5.11. The second kappa shape index (κ2) is 10.2. The number of nitriles is 1. The number of carboxylic acid groups (broad SMARTS) is 2. The molecule has 122 valence electrons. The molecule has 0 aromatic heterocycles. The Bertz CT molecular complexity index is 479. The summed E-state index contributed by atoms with van der Waals surface area (Å²) in [4.78, 5) is 33.1. The molecule has 0 rings (SSSR count). The maximum Gasteiger partial charge on any atom is 0.326 e. The number of carbonyl (C=O) groups is 3. The van der Waals surface area contributed by atoms with Gasteiger partial charge < -0.3 is 20.8 Å². The Labute approximate surface area is 128 Å². The van der Waals surface area contributed by atoms with E-state index in [1.165, 1.54) is 0 Å². The molecule has 0 heterocycles. The number of rotatable bonds is 10. The zero-order valence-electron chi connectivity index (χ0n) is 12.6. The van der Waals surface area contributed by atoms with E-state index < -0.39 is 23.9 Å². The zero-order valence-corrected chi connectivity index (χ0v) is 12.6. The molecule has 8 nitrogen and oxygen atoms in total. The molecule has 22 heavy (non-hydrogen) atoms. The van der Waals surface area contributed by atoms with Gasteiger partial charge in [-0.3, -0.25) is 9.59 Å². The van der Waals surface area contributed by atoms with E-state index in [4.69, 9.17) is 15.5 Å². The molecule has 0 bridgehead atoms. The topological polar surface area (TPSA) is 140 Å². The van der Waals surface area contributed by atoms with E-state index >= 15 is 0 Å². The van der Waals surface area contributed by atoms with Crippen molar-refractivity contribution < 1.29 is 24.6 Å². The van der Waals surface area contributed by atoms with Crippen LogP contribution in [0.5, 0.6) is 0 Å². The van der Waals surface area contributed by atoms with Gasteiger partial charge in [-0.05, 0) is 18.8 Å². The van der Waals surface area contributed by atoms with Crippen molar-refractivity contribution in [2.45, 2.75) is 39.2 Å². The third-order valence-corrected chi connectivity index (χ3v) is 2.65. The second-order valence-electron chi connectivity index (χ2n) is 5.11. The lowest BCUT2D eigenvalue weighted by atomic mass is 10.0. The molecule has 8 heteroatoms. The molecule has 0 aliphatic heterocycles. The highest BCUT2D eigenvalue weighted by atomic mass is 16.4. The van der Waals surface area contributed by atoms with Gasteiger partial charge in [-0.15, -0.1) is 0 Å². The minimum Gasteiger partial charge on any atom is -0.481 e. The molecule has 0 aromatic carbocycles. The quantitative estimate of drug-likeness (QED) is 0.261. The van der Waals surface area contributed by atoms with Gasteiger partial charge in [0.25, 0.3) is 5.91 Å². The van der Waals surface area contributed by atoms with Gasteiger partial charge >= 0.3 is 11.9 Å². The minimum absolute atomic E-state index is 0.0837. The Hall–Kier alpha value is -2.56. The van der Waals surface area contributed by atoms with Gasteiger partial charge in [0.05, 0.1) is 0 Å². The van der Waals surface area contributed by atoms with E-state index in [1.807, 2.05) is 13.8 Å². The molecule has 0 saturated carbocycles. The summed E-state index contributed by atoms with van der Waals surface area (Å²) in [6.45, 7) is 3.85. The summed E-state index contributed by atoms with van der Waals surface area (Å²) in [6, 6.07) is 0.790. The van der Waals surface area contributed by atoms with Gasteiger partial charge in [-0.2, -0.15) is 5.26 Å². The van der Waals surface area contributed by atoms with Crippen LogP contribution in [0.3, 0.4) is 0 Å².